The topological polar surface area (TPSA) is 158 Å². The van der Waals surface area contributed by atoms with Gasteiger partial charge in [0.25, 0.3) is 0 Å². The first-order chi connectivity index (χ1) is 8.92. The van der Waals surface area contributed by atoms with Gasteiger partial charge in [0.2, 0.25) is 0 Å². The standard InChI is InChI=1S/C8H8N2OS.C3H4O4.H2O/c1-11-5-2-3-6-7(4-5)12-8(9)10-6;4-2(5)1-3(6)7;/h2-4H,1H3,(H2,9,10);1H2,(H,4,5)(H,6,7);1H2. The van der Waals surface area contributed by atoms with E-state index in [2.05, 4.69) is 4.98 Å². The molecule has 110 valence electrons. The van der Waals surface area contributed by atoms with Crippen LogP contribution in [0.15, 0.2) is 18.2 Å². The van der Waals surface area contributed by atoms with E-state index in [1.54, 1.807) is 7.11 Å². The number of carboxylic acid groups (broad SMARTS) is 2. The lowest BCUT2D eigenvalue weighted by molar-refractivity contribution is -0.320. The van der Waals surface area contributed by atoms with Crippen molar-refractivity contribution in [3.63, 3.8) is 0 Å². The van der Waals surface area contributed by atoms with Crippen molar-refractivity contribution >= 4 is 38.6 Å². The molecule has 2 rings (SSSR count). The molecule has 8 nitrogen and oxygen atoms in total. The molecule has 0 unspecified atom stereocenters. The van der Waals surface area contributed by atoms with Gasteiger partial charge in [-0.25, -0.2) is 4.98 Å². The number of aromatic nitrogens is 1. The average Bonchev–Trinajstić information content (AvgIpc) is 2.66. The van der Waals surface area contributed by atoms with Gasteiger partial charge in [0.15, 0.2) is 0 Å². The molecule has 0 saturated carbocycles. The van der Waals surface area contributed by atoms with Gasteiger partial charge in [-0.2, -0.15) is 0 Å². The lowest BCUT2D eigenvalue weighted by Crippen LogP contribution is -2.24. The van der Waals surface area contributed by atoms with Crippen molar-refractivity contribution in [3.8, 4) is 5.75 Å². The molecule has 0 spiro atoms. The van der Waals surface area contributed by atoms with Crippen LogP contribution in [0.2, 0.25) is 0 Å². The molecule has 6 N–H and O–H groups in total. The number of fused-ring (bicyclic) bond motifs is 1. The summed E-state index contributed by atoms with van der Waals surface area (Å²) in [6.45, 7) is 0. The molecular weight excluding hydrogens is 288 g/mol. The highest BCUT2D eigenvalue weighted by atomic mass is 32.1. The molecule has 0 amide bonds. The number of carbonyl (C=O) groups excluding carboxylic acids is 1. The van der Waals surface area contributed by atoms with Crippen LogP contribution in [0.4, 0.5) is 5.13 Å². The molecule has 0 bridgehead atoms. The summed E-state index contributed by atoms with van der Waals surface area (Å²) in [5.41, 5.74) is 6.66. The Morgan fingerprint density at radius 2 is 2.15 bits per heavy atom. The summed E-state index contributed by atoms with van der Waals surface area (Å²) >= 11 is 1.52. The SMILES string of the molecule is COc1ccc2[nH+]c(N)sc2c1.O.O=C([O-])CC(=O)O. The van der Waals surface area contributed by atoms with E-state index in [1.807, 2.05) is 18.2 Å². The third-order valence-corrected chi connectivity index (χ3v) is 2.84. The van der Waals surface area contributed by atoms with Crippen LogP contribution in [0, 0.1) is 0 Å². The number of carbonyl (C=O) groups is 2. The molecular formula is C11H14N2O6S. The Labute approximate surface area is 117 Å². The first-order valence-corrected chi connectivity index (χ1v) is 5.91. The zero-order valence-corrected chi connectivity index (χ0v) is 11.3. The maximum absolute atomic E-state index is 9.39. The minimum Gasteiger partial charge on any atom is -0.550 e. The minimum atomic E-state index is -1.56. The fourth-order valence-electron chi connectivity index (χ4n) is 1.22. The van der Waals surface area contributed by atoms with Crippen molar-refractivity contribution in [2.75, 3.05) is 12.8 Å². The van der Waals surface area contributed by atoms with Gasteiger partial charge in [0.05, 0.1) is 24.2 Å². The second-order valence-corrected chi connectivity index (χ2v) is 4.48. The number of H-pyrrole nitrogens is 1. The Morgan fingerprint density at radius 1 is 1.50 bits per heavy atom. The Balaban J connectivity index is 0.000000396. The van der Waals surface area contributed by atoms with Gasteiger partial charge in [0.1, 0.15) is 11.3 Å². The second kappa shape index (κ2) is 7.92. The van der Waals surface area contributed by atoms with Gasteiger partial charge in [-0.05, 0) is 23.5 Å². The van der Waals surface area contributed by atoms with Gasteiger partial charge in [-0.1, -0.05) is 0 Å². The predicted molar refractivity (Wildman–Crippen MR) is 70.2 cm³/mol. The summed E-state index contributed by atoms with van der Waals surface area (Å²) in [7, 11) is 1.65. The van der Waals surface area contributed by atoms with Gasteiger partial charge < -0.3 is 25.2 Å². The van der Waals surface area contributed by atoms with E-state index in [4.69, 9.17) is 15.6 Å². The fraction of sp³-hybridized carbons (Fsp3) is 0.182. The molecule has 9 heteroatoms. The third-order valence-electron chi connectivity index (χ3n) is 1.96. The van der Waals surface area contributed by atoms with E-state index in [0.29, 0.717) is 0 Å². The van der Waals surface area contributed by atoms with Crippen LogP contribution < -0.4 is 20.6 Å². The summed E-state index contributed by atoms with van der Waals surface area (Å²) in [6.07, 6.45) is -0.917. The summed E-state index contributed by atoms with van der Waals surface area (Å²) in [5.74, 6) is -2.08. The van der Waals surface area contributed by atoms with Crippen molar-refractivity contribution in [2.45, 2.75) is 6.42 Å². The highest BCUT2D eigenvalue weighted by molar-refractivity contribution is 7.21. The monoisotopic (exact) mass is 302 g/mol. The lowest BCUT2D eigenvalue weighted by Gasteiger charge is -1.95. The summed E-state index contributed by atoms with van der Waals surface area (Å²) in [5, 5.41) is 17.7. The zero-order chi connectivity index (χ0) is 14.4. The normalized spacial score (nSPS) is 9.05. The number of nitrogens with one attached hydrogen (secondary N) is 1. The van der Waals surface area contributed by atoms with Crippen molar-refractivity contribution in [1.82, 2.24) is 0 Å². The summed E-state index contributed by atoms with van der Waals surface area (Å²) < 4.78 is 6.20. The first-order valence-electron chi connectivity index (χ1n) is 5.09. The highest BCUT2D eigenvalue weighted by Gasteiger charge is 2.05. The van der Waals surface area contributed by atoms with Crippen molar-refractivity contribution in [2.24, 2.45) is 0 Å². The number of thiazole rings is 1. The number of nitrogen functional groups attached to an aromatic ring is 1. The van der Waals surface area contributed by atoms with Crippen LogP contribution in [0.1, 0.15) is 6.42 Å². The van der Waals surface area contributed by atoms with Crippen molar-refractivity contribution < 1.29 is 35.0 Å². The zero-order valence-electron chi connectivity index (χ0n) is 10.5. The lowest BCUT2D eigenvalue weighted by atomic mass is 10.3. The number of anilines is 1. The van der Waals surface area contributed by atoms with Crippen LogP contribution in [-0.4, -0.2) is 29.6 Å². The van der Waals surface area contributed by atoms with Crippen LogP contribution in [0.5, 0.6) is 5.75 Å². The molecule has 1 aromatic heterocycles. The van der Waals surface area contributed by atoms with Gasteiger partial charge in [-0.3, -0.25) is 10.5 Å². The molecule has 1 aromatic carbocycles. The van der Waals surface area contributed by atoms with E-state index in [-0.39, 0.29) is 5.48 Å². The Kier molecular flexibility index (Phi) is 6.97. The largest absolute Gasteiger partial charge is 0.550 e. The molecule has 0 aliphatic heterocycles. The fourth-order valence-corrected chi connectivity index (χ4v) is 2.02. The van der Waals surface area contributed by atoms with Crippen molar-refractivity contribution in [3.05, 3.63) is 18.2 Å². The van der Waals surface area contributed by atoms with Crippen molar-refractivity contribution in [1.29, 1.82) is 0 Å². The van der Waals surface area contributed by atoms with Crippen LogP contribution in [0.25, 0.3) is 10.2 Å². The van der Waals surface area contributed by atoms with Crippen LogP contribution >= 0.6 is 11.3 Å². The first kappa shape index (κ1) is 17.6. The number of hydrogen-bond acceptors (Lipinski definition) is 6. The van der Waals surface area contributed by atoms with E-state index in [0.717, 1.165) is 21.1 Å². The van der Waals surface area contributed by atoms with Crippen LogP contribution in [0.3, 0.4) is 0 Å². The summed E-state index contributed by atoms with van der Waals surface area (Å²) in [6, 6.07) is 5.83. The van der Waals surface area contributed by atoms with E-state index < -0.39 is 18.4 Å². The van der Waals surface area contributed by atoms with E-state index >= 15 is 0 Å². The third kappa shape index (κ3) is 5.50. The molecule has 0 fully saturated rings. The number of methoxy groups -OCH3 is 1. The number of aromatic amines is 1. The number of rotatable bonds is 3. The molecule has 20 heavy (non-hydrogen) atoms. The number of hydrogen-bond donors (Lipinski definition) is 2. The summed E-state index contributed by atoms with van der Waals surface area (Å²) in [4.78, 5) is 21.8. The van der Waals surface area contributed by atoms with Gasteiger partial charge >= 0.3 is 11.1 Å². The molecule has 1 heterocycles. The predicted octanol–water partition coefficient (Wildman–Crippen LogP) is -1.31. The van der Waals surface area contributed by atoms with Gasteiger partial charge in [-0.15, -0.1) is 0 Å². The number of ether oxygens (including phenoxy) is 1. The maximum Gasteiger partial charge on any atom is 0.330 e. The molecule has 0 radical (unpaired) electrons. The Bertz CT molecular complexity index is 586. The number of aliphatic carboxylic acids is 2. The number of carboxylic acids is 2. The second-order valence-electron chi connectivity index (χ2n) is 3.40. The number of nitrogens with two attached hydrogens (primary N) is 1. The maximum atomic E-state index is 9.39. The Morgan fingerprint density at radius 3 is 2.60 bits per heavy atom. The molecule has 0 aliphatic rings. The highest BCUT2D eigenvalue weighted by Crippen LogP contribution is 2.24. The van der Waals surface area contributed by atoms with Gasteiger partial charge in [0, 0.05) is 6.07 Å². The molecule has 0 aliphatic carbocycles. The average molecular weight is 302 g/mol. The quantitative estimate of drug-likeness (QED) is 0.670. The van der Waals surface area contributed by atoms with E-state index in [1.165, 1.54) is 11.3 Å². The number of benzene rings is 1. The molecule has 2 aromatic rings. The Hall–Kier alpha value is -2.39. The molecule has 0 saturated heterocycles. The molecule has 0 atom stereocenters. The van der Waals surface area contributed by atoms with E-state index in [9.17, 15) is 14.7 Å². The minimum absolute atomic E-state index is 0. The smallest absolute Gasteiger partial charge is 0.330 e. The van der Waals surface area contributed by atoms with Crippen LogP contribution in [-0.2, 0) is 9.59 Å².